The van der Waals surface area contributed by atoms with Crippen molar-refractivity contribution in [3.8, 4) is 5.75 Å². The van der Waals surface area contributed by atoms with Crippen LogP contribution in [-0.4, -0.2) is 18.2 Å². The van der Waals surface area contributed by atoms with Crippen LogP contribution in [0.4, 0.5) is 5.69 Å². The van der Waals surface area contributed by atoms with Gasteiger partial charge in [0, 0.05) is 5.39 Å². The molecule has 118 valence electrons. The van der Waals surface area contributed by atoms with Crippen molar-refractivity contribution in [2.45, 2.75) is 20.3 Å². The summed E-state index contributed by atoms with van der Waals surface area (Å²) in [5, 5.41) is 7.76. The maximum atomic E-state index is 12.3. The van der Waals surface area contributed by atoms with E-state index >= 15 is 0 Å². The zero-order chi connectivity index (χ0) is 16.4. The Morgan fingerprint density at radius 2 is 1.96 bits per heavy atom. The molecule has 1 N–H and O–H groups in total. The summed E-state index contributed by atoms with van der Waals surface area (Å²) in [5.74, 6) is 0.459. The fraction of sp³-hybridized carbons (Fsp3) is 0.222. The quantitative estimate of drug-likeness (QED) is 0.799. The Kier molecular flexibility index (Phi) is 4.02. The van der Waals surface area contributed by atoms with Gasteiger partial charge in [0.25, 0.3) is 0 Å². The molecule has 1 aromatic heterocycles. The molecule has 0 saturated heterocycles. The number of nitrogens with one attached hydrogen (secondary N) is 1. The number of anilines is 1. The van der Waals surface area contributed by atoms with E-state index in [-0.39, 0.29) is 12.3 Å². The maximum Gasteiger partial charge on any atom is 0.230 e. The van der Waals surface area contributed by atoms with Crippen LogP contribution in [-0.2, 0) is 11.2 Å². The average molecular weight is 310 g/mol. The first-order valence-corrected chi connectivity index (χ1v) is 7.37. The van der Waals surface area contributed by atoms with Crippen LogP contribution in [0.1, 0.15) is 16.8 Å². The van der Waals surface area contributed by atoms with Crippen molar-refractivity contribution < 1.29 is 14.1 Å². The van der Waals surface area contributed by atoms with Crippen LogP contribution in [0.3, 0.4) is 0 Å². The van der Waals surface area contributed by atoms with Gasteiger partial charge < -0.3 is 14.6 Å². The van der Waals surface area contributed by atoms with E-state index in [0.717, 1.165) is 16.5 Å². The van der Waals surface area contributed by atoms with Crippen LogP contribution >= 0.6 is 0 Å². The molecular weight excluding hydrogens is 292 g/mol. The molecule has 23 heavy (non-hydrogen) atoms. The molecule has 0 atom stereocenters. The van der Waals surface area contributed by atoms with Gasteiger partial charge in [-0.1, -0.05) is 17.3 Å². The first-order valence-electron chi connectivity index (χ1n) is 7.37. The molecule has 5 heteroatoms. The van der Waals surface area contributed by atoms with E-state index < -0.39 is 0 Å². The summed E-state index contributed by atoms with van der Waals surface area (Å²) in [4.78, 5) is 12.3. The molecule has 0 aliphatic heterocycles. The van der Waals surface area contributed by atoms with Gasteiger partial charge in [-0.3, -0.25) is 4.79 Å². The van der Waals surface area contributed by atoms with E-state index in [0.29, 0.717) is 22.7 Å². The van der Waals surface area contributed by atoms with Crippen molar-refractivity contribution >= 4 is 22.6 Å². The number of nitrogens with zero attached hydrogens (tertiary/aromatic N) is 1. The van der Waals surface area contributed by atoms with E-state index in [9.17, 15) is 4.79 Å². The SMILES string of the molecule is COc1ccccc1NC(=O)Cc1noc2cc(C)c(C)cc12. The van der Waals surface area contributed by atoms with Gasteiger partial charge in [-0.25, -0.2) is 0 Å². The van der Waals surface area contributed by atoms with Crippen molar-refractivity contribution in [2.75, 3.05) is 12.4 Å². The molecule has 0 fully saturated rings. The number of benzene rings is 2. The molecule has 0 unspecified atom stereocenters. The lowest BCUT2D eigenvalue weighted by Gasteiger charge is -2.09. The highest BCUT2D eigenvalue weighted by Gasteiger charge is 2.14. The topological polar surface area (TPSA) is 64.4 Å². The summed E-state index contributed by atoms with van der Waals surface area (Å²) in [6.07, 6.45) is 0.146. The predicted octanol–water partition coefficient (Wildman–Crippen LogP) is 3.63. The summed E-state index contributed by atoms with van der Waals surface area (Å²) >= 11 is 0. The van der Waals surface area contributed by atoms with E-state index in [1.54, 1.807) is 19.2 Å². The molecule has 3 aromatic rings. The van der Waals surface area contributed by atoms with Gasteiger partial charge in [-0.2, -0.15) is 0 Å². The largest absolute Gasteiger partial charge is 0.495 e. The number of para-hydroxylation sites is 2. The van der Waals surface area contributed by atoms with Gasteiger partial charge >= 0.3 is 0 Å². The van der Waals surface area contributed by atoms with Crippen LogP contribution in [0.15, 0.2) is 40.9 Å². The molecular formula is C18H18N2O3. The Morgan fingerprint density at radius 3 is 2.74 bits per heavy atom. The van der Waals surface area contributed by atoms with Crippen molar-refractivity contribution in [3.05, 3.63) is 53.2 Å². The Morgan fingerprint density at radius 1 is 1.22 bits per heavy atom. The summed E-state index contributed by atoms with van der Waals surface area (Å²) in [6.45, 7) is 4.05. The number of ether oxygens (including phenoxy) is 1. The smallest absolute Gasteiger partial charge is 0.230 e. The minimum Gasteiger partial charge on any atom is -0.495 e. The fourth-order valence-electron chi connectivity index (χ4n) is 2.47. The normalized spacial score (nSPS) is 10.7. The molecule has 0 radical (unpaired) electrons. The zero-order valence-corrected chi connectivity index (χ0v) is 13.3. The highest BCUT2D eigenvalue weighted by molar-refractivity contribution is 5.95. The highest BCUT2D eigenvalue weighted by atomic mass is 16.5. The van der Waals surface area contributed by atoms with Crippen molar-refractivity contribution in [1.82, 2.24) is 5.16 Å². The van der Waals surface area contributed by atoms with Crippen LogP contribution < -0.4 is 10.1 Å². The molecule has 0 aliphatic rings. The number of aryl methyl sites for hydroxylation is 2. The molecule has 0 saturated carbocycles. The summed E-state index contributed by atoms with van der Waals surface area (Å²) in [6, 6.07) is 11.2. The highest BCUT2D eigenvalue weighted by Crippen LogP contribution is 2.25. The van der Waals surface area contributed by atoms with Crippen LogP contribution in [0, 0.1) is 13.8 Å². The molecule has 0 spiro atoms. The number of carbonyl (C=O) groups excluding carboxylic acids is 1. The third-order valence-electron chi connectivity index (χ3n) is 3.87. The van der Waals surface area contributed by atoms with Gasteiger partial charge in [-0.15, -0.1) is 0 Å². The van der Waals surface area contributed by atoms with E-state index in [1.165, 1.54) is 0 Å². The Bertz CT molecular complexity index is 868. The minimum atomic E-state index is -0.164. The molecule has 2 aromatic carbocycles. The molecule has 1 amide bonds. The number of rotatable bonds is 4. The lowest BCUT2D eigenvalue weighted by molar-refractivity contribution is -0.115. The molecule has 1 heterocycles. The van der Waals surface area contributed by atoms with Crippen LogP contribution in [0.25, 0.3) is 11.0 Å². The monoisotopic (exact) mass is 310 g/mol. The number of hydrogen-bond donors (Lipinski definition) is 1. The number of carbonyl (C=O) groups is 1. The van der Waals surface area contributed by atoms with Gasteiger partial charge in [0.2, 0.25) is 5.91 Å². The third-order valence-corrected chi connectivity index (χ3v) is 3.87. The standard InChI is InChI=1S/C18H18N2O3/c1-11-8-13-15(20-23-17(13)9-12(11)2)10-18(21)19-14-6-4-5-7-16(14)22-3/h4-9H,10H2,1-3H3,(H,19,21). The average Bonchev–Trinajstić information content (AvgIpc) is 2.90. The second kappa shape index (κ2) is 6.12. The minimum absolute atomic E-state index is 0.146. The molecule has 0 bridgehead atoms. The second-order valence-corrected chi connectivity index (χ2v) is 5.49. The molecule has 3 rings (SSSR count). The first kappa shape index (κ1) is 15.1. The van der Waals surface area contributed by atoms with E-state index in [2.05, 4.69) is 10.5 Å². The summed E-state index contributed by atoms with van der Waals surface area (Å²) in [5.41, 5.74) is 4.26. The molecule has 5 nitrogen and oxygen atoms in total. The van der Waals surface area contributed by atoms with Crippen molar-refractivity contribution in [1.29, 1.82) is 0 Å². The van der Waals surface area contributed by atoms with Crippen LogP contribution in [0.5, 0.6) is 5.75 Å². The maximum absolute atomic E-state index is 12.3. The van der Waals surface area contributed by atoms with Crippen molar-refractivity contribution in [2.24, 2.45) is 0 Å². The van der Waals surface area contributed by atoms with Gasteiger partial charge in [0.1, 0.15) is 11.4 Å². The Balaban J connectivity index is 1.82. The number of methoxy groups -OCH3 is 1. The third kappa shape index (κ3) is 3.04. The number of amides is 1. The predicted molar refractivity (Wildman–Crippen MR) is 88.8 cm³/mol. The van der Waals surface area contributed by atoms with Gasteiger partial charge in [-0.05, 0) is 49.2 Å². The van der Waals surface area contributed by atoms with Crippen molar-refractivity contribution in [3.63, 3.8) is 0 Å². The van der Waals surface area contributed by atoms with E-state index in [1.807, 2.05) is 38.1 Å². The fourth-order valence-corrected chi connectivity index (χ4v) is 2.47. The molecule has 0 aliphatic carbocycles. The lowest BCUT2D eigenvalue weighted by Crippen LogP contribution is -2.15. The van der Waals surface area contributed by atoms with E-state index in [4.69, 9.17) is 9.26 Å². The number of hydrogen-bond acceptors (Lipinski definition) is 4. The van der Waals surface area contributed by atoms with Gasteiger partial charge in [0.05, 0.1) is 19.2 Å². The second-order valence-electron chi connectivity index (χ2n) is 5.49. The Labute approximate surface area is 134 Å². The summed E-state index contributed by atoms with van der Waals surface area (Å²) < 4.78 is 10.6. The number of aromatic nitrogens is 1. The van der Waals surface area contributed by atoms with Crippen LogP contribution in [0.2, 0.25) is 0 Å². The van der Waals surface area contributed by atoms with Gasteiger partial charge in [0.15, 0.2) is 5.58 Å². The zero-order valence-electron chi connectivity index (χ0n) is 13.3. The number of fused-ring (bicyclic) bond motifs is 1. The first-order chi connectivity index (χ1) is 11.1. The lowest BCUT2D eigenvalue weighted by atomic mass is 10.1. The Hall–Kier alpha value is -2.82. The summed E-state index contributed by atoms with van der Waals surface area (Å²) in [7, 11) is 1.57.